The van der Waals surface area contributed by atoms with Gasteiger partial charge in [-0.05, 0) is 39.1 Å². The van der Waals surface area contributed by atoms with Crippen LogP contribution in [0.3, 0.4) is 0 Å². The van der Waals surface area contributed by atoms with Crippen molar-refractivity contribution in [2.24, 2.45) is 9.98 Å². The van der Waals surface area contributed by atoms with E-state index in [9.17, 15) is 0 Å². The lowest BCUT2D eigenvalue weighted by Gasteiger charge is -2.29. The summed E-state index contributed by atoms with van der Waals surface area (Å²) < 4.78 is 18.0. The number of allylic oxidation sites excluding steroid dienone is 1. The zero-order valence-corrected chi connectivity index (χ0v) is 18.2. The summed E-state index contributed by atoms with van der Waals surface area (Å²) in [6, 6.07) is 5.93. The minimum absolute atomic E-state index is 0.138. The van der Waals surface area contributed by atoms with Crippen molar-refractivity contribution in [3.63, 3.8) is 0 Å². The SMILES string of the molecule is C#CN=CNC1=C(CN/C=C/C)N=Cc2cc(OC)c(OC3CCN(C)CC3)cc2O1. The van der Waals surface area contributed by atoms with Crippen LogP contribution >= 0.6 is 0 Å². The van der Waals surface area contributed by atoms with Gasteiger partial charge in [0.1, 0.15) is 23.9 Å². The molecule has 2 aliphatic heterocycles. The molecule has 8 nitrogen and oxygen atoms in total. The quantitative estimate of drug-likeness (QED) is 0.380. The first-order valence-corrected chi connectivity index (χ1v) is 10.2. The Kier molecular flexibility index (Phi) is 7.96. The molecule has 2 N–H and O–H groups in total. The van der Waals surface area contributed by atoms with E-state index in [1.165, 1.54) is 6.34 Å². The molecule has 0 spiro atoms. The molecule has 3 rings (SSSR count). The molecule has 0 aromatic heterocycles. The molecule has 2 aliphatic rings. The minimum atomic E-state index is 0.138. The van der Waals surface area contributed by atoms with Gasteiger partial charge in [0.25, 0.3) is 0 Å². The predicted molar refractivity (Wildman–Crippen MR) is 123 cm³/mol. The van der Waals surface area contributed by atoms with E-state index in [0.717, 1.165) is 31.5 Å². The second-order valence-electron chi connectivity index (χ2n) is 7.21. The number of nitrogens with zero attached hydrogens (tertiary/aromatic N) is 3. The van der Waals surface area contributed by atoms with E-state index in [1.54, 1.807) is 13.3 Å². The Morgan fingerprint density at radius 3 is 2.87 bits per heavy atom. The van der Waals surface area contributed by atoms with Gasteiger partial charge in [0, 0.05) is 37.0 Å². The monoisotopic (exact) mass is 423 g/mol. The fourth-order valence-electron chi connectivity index (χ4n) is 3.30. The van der Waals surface area contributed by atoms with Crippen molar-refractivity contribution in [3.8, 4) is 29.7 Å². The Morgan fingerprint density at radius 2 is 2.16 bits per heavy atom. The topological polar surface area (TPSA) is 79.7 Å². The average molecular weight is 424 g/mol. The van der Waals surface area contributed by atoms with Crippen LogP contribution in [0.5, 0.6) is 17.2 Å². The lowest BCUT2D eigenvalue weighted by atomic mass is 10.1. The first kappa shape index (κ1) is 22.2. The number of methoxy groups -OCH3 is 1. The number of ether oxygens (including phenoxy) is 3. The smallest absolute Gasteiger partial charge is 0.222 e. The maximum absolute atomic E-state index is 6.29. The summed E-state index contributed by atoms with van der Waals surface area (Å²) in [6.07, 6.45) is 14.2. The molecule has 0 bridgehead atoms. The van der Waals surface area contributed by atoms with E-state index in [1.807, 2.05) is 31.3 Å². The molecular formula is C23H29N5O3. The third-order valence-corrected chi connectivity index (χ3v) is 4.98. The number of aliphatic imine (C=N–C) groups is 2. The van der Waals surface area contributed by atoms with Gasteiger partial charge >= 0.3 is 0 Å². The highest BCUT2D eigenvalue weighted by atomic mass is 16.5. The maximum atomic E-state index is 6.29. The number of terminal acetylenes is 1. The molecule has 0 radical (unpaired) electrons. The number of likely N-dealkylation sites (tertiary alicyclic amines) is 1. The van der Waals surface area contributed by atoms with Gasteiger partial charge in [0.15, 0.2) is 11.5 Å². The summed E-state index contributed by atoms with van der Waals surface area (Å²) in [6.45, 7) is 4.40. The van der Waals surface area contributed by atoms with Gasteiger partial charge in [-0.3, -0.25) is 4.99 Å². The van der Waals surface area contributed by atoms with E-state index in [4.69, 9.17) is 20.6 Å². The van der Waals surface area contributed by atoms with Crippen LogP contribution in [0.2, 0.25) is 0 Å². The third-order valence-electron chi connectivity index (χ3n) is 4.98. The lowest BCUT2D eigenvalue weighted by molar-refractivity contribution is 0.111. The molecule has 0 atom stereocenters. The average Bonchev–Trinajstić information content (AvgIpc) is 2.94. The van der Waals surface area contributed by atoms with Gasteiger partial charge in [-0.2, -0.15) is 4.99 Å². The number of fused-ring (bicyclic) bond motifs is 1. The molecule has 1 aromatic carbocycles. The maximum Gasteiger partial charge on any atom is 0.222 e. The van der Waals surface area contributed by atoms with E-state index < -0.39 is 0 Å². The van der Waals surface area contributed by atoms with E-state index >= 15 is 0 Å². The van der Waals surface area contributed by atoms with Crippen molar-refractivity contribution in [3.05, 3.63) is 41.6 Å². The molecule has 31 heavy (non-hydrogen) atoms. The normalized spacial score (nSPS) is 17.2. The number of rotatable bonds is 8. The van der Waals surface area contributed by atoms with Crippen molar-refractivity contribution in [2.75, 3.05) is 33.8 Å². The van der Waals surface area contributed by atoms with Crippen LogP contribution in [0.1, 0.15) is 25.3 Å². The molecule has 8 heteroatoms. The predicted octanol–water partition coefficient (Wildman–Crippen LogP) is 2.48. The van der Waals surface area contributed by atoms with Gasteiger partial charge in [0.05, 0.1) is 13.7 Å². The van der Waals surface area contributed by atoms with E-state index in [2.05, 4.69) is 38.6 Å². The second kappa shape index (κ2) is 11.1. The molecule has 0 unspecified atom stereocenters. The number of hydrogen-bond donors (Lipinski definition) is 2. The fraction of sp³-hybridized carbons (Fsp3) is 0.391. The second-order valence-corrected chi connectivity index (χ2v) is 7.21. The molecule has 1 saturated heterocycles. The Hall–Kier alpha value is -3.44. The Morgan fingerprint density at radius 1 is 1.35 bits per heavy atom. The van der Waals surface area contributed by atoms with Crippen LogP contribution in [-0.4, -0.2) is 57.3 Å². The summed E-state index contributed by atoms with van der Waals surface area (Å²) >= 11 is 0. The lowest BCUT2D eigenvalue weighted by Crippen LogP contribution is -2.35. The van der Waals surface area contributed by atoms with E-state index in [0.29, 0.717) is 35.4 Å². The Labute approximate surface area is 183 Å². The molecule has 0 amide bonds. The van der Waals surface area contributed by atoms with Crippen molar-refractivity contribution < 1.29 is 14.2 Å². The number of hydrogen-bond acceptors (Lipinski definition) is 7. The largest absolute Gasteiger partial charge is 0.493 e. The van der Waals surface area contributed by atoms with Crippen LogP contribution in [0.25, 0.3) is 0 Å². The summed E-state index contributed by atoms with van der Waals surface area (Å²) in [5.41, 5.74) is 1.44. The Bertz CT molecular complexity index is 922. The van der Waals surface area contributed by atoms with E-state index in [-0.39, 0.29) is 6.10 Å². The van der Waals surface area contributed by atoms with Gasteiger partial charge in [-0.1, -0.05) is 12.5 Å². The summed E-state index contributed by atoms with van der Waals surface area (Å²) in [7, 11) is 3.76. The minimum Gasteiger partial charge on any atom is -0.493 e. The highest BCUT2D eigenvalue weighted by molar-refractivity contribution is 5.86. The number of benzene rings is 1. The van der Waals surface area contributed by atoms with Gasteiger partial charge in [0.2, 0.25) is 5.88 Å². The molecule has 164 valence electrons. The number of piperidine rings is 1. The van der Waals surface area contributed by atoms with Crippen LogP contribution in [0.15, 0.2) is 46.0 Å². The van der Waals surface area contributed by atoms with Crippen molar-refractivity contribution in [1.29, 1.82) is 0 Å². The molecule has 0 saturated carbocycles. The highest BCUT2D eigenvalue weighted by Crippen LogP contribution is 2.37. The van der Waals surface area contributed by atoms with Crippen molar-refractivity contribution in [2.45, 2.75) is 25.9 Å². The van der Waals surface area contributed by atoms with Crippen LogP contribution in [0.4, 0.5) is 0 Å². The molecule has 1 fully saturated rings. The van der Waals surface area contributed by atoms with Crippen LogP contribution in [0, 0.1) is 12.5 Å². The van der Waals surface area contributed by atoms with Crippen molar-refractivity contribution >= 4 is 12.6 Å². The first-order chi connectivity index (χ1) is 15.1. The molecule has 0 aliphatic carbocycles. The number of nitrogens with one attached hydrogen (secondary N) is 2. The summed E-state index contributed by atoms with van der Waals surface area (Å²) in [5, 5.41) is 6.14. The van der Waals surface area contributed by atoms with Gasteiger partial charge < -0.3 is 29.7 Å². The molecule has 2 heterocycles. The van der Waals surface area contributed by atoms with Crippen LogP contribution in [-0.2, 0) is 0 Å². The third kappa shape index (κ3) is 6.03. The fourth-order valence-corrected chi connectivity index (χ4v) is 3.30. The zero-order valence-electron chi connectivity index (χ0n) is 18.2. The van der Waals surface area contributed by atoms with Gasteiger partial charge in [-0.15, -0.1) is 0 Å². The molecule has 1 aromatic rings. The standard InChI is InChI=1S/C23H29N5O3/c1-5-9-25-15-19-23(27-16-24-6-2)31-20-13-22(21(29-4)12-17(20)14-26-19)30-18-7-10-28(3)11-8-18/h2,5,9,12-14,16,18,25H,7-8,10-11,15H2,1,3-4H3,(H,24,27)/b9-5+. The Balaban J connectivity index is 1.88. The van der Waals surface area contributed by atoms with Gasteiger partial charge in [-0.25, -0.2) is 0 Å². The zero-order chi connectivity index (χ0) is 22.1. The first-order valence-electron chi connectivity index (χ1n) is 10.2. The van der Waals surface area contributed by atoms with Crippen LogP contribution < -0.4 is 24.8 Å². The molecular weight excluding hydrogens is 394 g/mol. The highest BCUT2D eigenvalue weighted by Gasteiger charge is 2.22. The summed E-state index contributed by atoms with van der Waals surface area (Å²) in [5.74, 6) is 2.33. The van der Waals surface area contributed by atoms with Crippen molar-refractivity contribution in [1.82, 2.24) is 15.5 Å². The summed E-state index contributed by atoms with van der Waals surface area (Å²) in [4.78, 5) is 10.6.